The van der Waals surface area contributed by atoms with Gasteiger partial charge in [-0.2, -0.15) is 0 Å². The second-order valence-corrected chi connectivity index (χ2v) is 6.22. The molecule has 1 saturated heterocycles. The van der Waals surface area contributed by atoms with Gasteiger partial charge in [0.1, 0.15) is 5.78 Å². The molecule has 4 nitrogen and oxygen atoms in total. The van der Waals surface area contributed by atoms with Gasteiger partial charge in [0.25, 0.3) is 0 Å². The van der Waals surface area contributed by atoms with Gasteiger partial charge in [-0.3, -0.25) is 9.69 Å². The van der Waals surface area contributed by atoms with Crippen LogP contribution in [0.4, 0.5) is 0 Å². The lowest BCUT2D eigenvalue weighted by molar-refractivity contribution is -0.123. The lowest BCUT2D eigenvalue weighted by Gasteiger charge is -2.38. The molecule has 1 aliphatic heterocycles. The van der Waals surface area contributed by atoms with Crippen molar-refractivity contribution in [3.05, 3.63) is 18.7 Å². The zero-order valence-electron chi connectivity index (χ0n) is 12.2. The van der Waals surface area contributed by atoms with E-state index >= 15 is 0 Å². The van der Waals surface area contributed by atoms with Gasteiger partial charge in [-0.1, -0.05) is 6.42 Å². The Morgan fingerprint density at radius 3 is 2.90 bits per heavy atom. The number of ketones is 1. The molecule has 2 unspecified atom stereocenters. The van der Waals surface area contributed by atoms with E-state index in [9.17, 15) is 4.79 Å². The molecule has 1 aliphatic carbocycles. The molecule has 1 saturated carbocycles. The normalized spacial score (nSPS) is 28.1. The van der Waals surface area contributed by atoms with Crippen LogP contribution in [0.15, 0.2) is 18.7 Å². The van der Waals surface area contributed by atoms with Crippen LogP contribution in [0.25, 0.3) is 0 Å². The molecular weight excluding hydrogens is 250 g/mol. The Hall–Kier alpha value is -1.16. The van der Waals surface area contributed by atoms with E-state index < -0.39 is 0 Å². The SMILES string of the molecule is O=C1CCCC1C1CCCCN1CCCn1ccnc1. The molecule has 1 aromatic heterocycles. The summed E-state index contributed by atoms with van der Waals surface area (Å²) in [6.07, 6.45) is 13.8. The Labute approximate surface area is 121 Å². The molecule has 0 spiro atoms. The second kappa shape index (κ2) is 6.53. The number of piperidine rings is 1. The summed E-state index contributed by atoms with van der Waals surface area (Å²) in [4.78, 5) is 18.7. The van der Waals surface area contributed by atoms with Crippen LogP contribution in [0.2, 0.25) is 0 Å². The Kier molecular flexibility index (Phi) is 4.51. The summed E-state index contributed by atoms with van der Waals surface area (Å²) in [5.41, 5.74) is 0. The molecule has 0 radical (unpaired) electrons. The number of carbonyl (C=O) groups is 1. The monoisotopic (exact) mass is 275 g/mol. The minimum atomic E-state index is 0.337. The van der Waals surface area contributed by atoms with Gasteiger partial charge in [0.15, 0.2) is 0 Å². The number of aryl methyl sites for hydroxylation is 1. The molecule has 0 N–H and O–H groups in total. The van der Waals surface area contributed by atoms with Crippen LogP contribution in [0.3, 0.4) is 0 Å². The highest BCUT2D eigenvalue weighted by atomic mass is 16.1. The maximum absolute atomic E-state index is 12.0. The van der Waals surface area contributed by atoms with E-state index in [1.807, 2.05) is 18.7 Å². The topological polar surface area (TPSA) is 38.1 Å². The van der Waals surface area contributed by atoms with Crippen LogP contribution < -0.4 is 0 Å². The predicted octanol–water partition coefficient (Wildman–Crippen LogP) is 2.50. The fourth-order valence-corrected chi connectivity index (χ4v) is 3.87. The first-order valence-corrected chi connectivity index (χ1v) is 8.07. The highest BCUT2D eigenvalue weighted by Crippen LogP contribution is 2.32. The number of carbonyl (C=O) groups excluding carboxylic acids is 1. The smallest absolute Gasteiger partial charge is 0.137 e. The first-order valence-electron chi connectivity index (χ1n) is 8.07. The van der Waals surface area contributed by atoms with Crippen molar-refractivity contribution >= 4 is 5.78 Å². The maximum atomic E-state index is 12.0. The Bertz CT molecular complexity index is 429. The fraction of sp³-hybridized carbons (Fsp3) is 0.750. The first-order chi connectivity index (χ1) is 9.84. The molecule has 2 atom stereocenters. The molecule has 2 heterocycles. The Morgan fingerprint density at radius 2 is 2.15 bits per heavy atom. The molecular formula is C16H25N3O. The molecule has 2 aliphatic rings. The highest BCUT2D eigenvalue weighted by Gasteiger charge is 2.36. The van der Waals surface area contributed by atoms with Gasteiger partial charge >= 0.3 is 0 Å². The van der Waals surface area contributed by atoms with Gasteiger partial charge in [0.05, 0.1) is 6.33 Å². The molecule has 2 fully saturated rings. The van der Waals surface area contributed by atoms with Gasteiger partial charge < -0.3 is 4.57 Å². The summed E-state index contributed by atoms with van der Waals surface area (Å²) >= 11 is 0. The van der Waals surface area contributed by atoms with Gasteiger partial charge in [0, 0.05) is 43.9 Å². The number of hydrogen-bond acceptors (Lipinski definition) is 3. The molecule has 3 rings (SSSR count). The van der Waals surface area contributed by atoms with E-state index in [-0.39, 0.29) is 0 Å². The fourth-order valence-electron chi connectivity index (χ4n) is 3.87. The molecule has 0 bridgehead atoms. The lowest BCUT2D eigenvalue weighted by atomic mass is 9.88. The first kappa shape index (κ1) is 13.8. The van der Waals surface area contributed by atoms with Crippen molar-refractivity contribution in [3.8, 4) is 0 Å². The molecule has 4 heteroatoms. The van der Waals surface area contributed by atoms with Crippen molar-refractivity contribution in [2.45, 2.75) is 57.5 Å². The summed E-state index contributed by atoms with van der Waals surface area (Å²) in [5.74, 6) is 0.861. The standard InChI is InChI=1S/C16H25N3O/c20-16-7-3-5-14(16)15-6-1-2-10-19(15)11-4-9-18-12-8-17-13-18/h8,12-15H,1-7,9-11H2. The second-order valence-electron chi connectivity index (χ2n) is 6.22. The summed E-state index contributed by atoms with van der Waals surface area (Å²) in [5, 5.41) is 0. The van der Waals surface area contributed by atoms with Crippen molar-refractivity contribution in [1.82, 2.24) is 14.5 Å². The van der Waals surface area contributed by atoms with Crippen molar-refractivity contribution in [3.63, 3.8) is 0 Å². The number of Topliss-reactive ketones (excluding diaryl/α,β-unsaturated/α-hetero) is 1. The van der Waals surface area contributed by atoms with E-state index in [4.69, 9.17) is 0 Å². The van der Waals surface area contributed by atoms with Gasteiger partial charge in [0.2, 0.25) is 0 Å². The van der Waals surface area contributed by atoms with Gasteiger partial charge in [-0.15, -0.1) is 0 Å². The average molecular weight is 275 g/mol. The van der Waals surface area contributed by atoms with Crippen molar-refractivity contribution in [1.29, 1.82) is 0 Å². The summed E-state index contributed by atoms with van der Waals surface area (Å²) in [6, 6.07) is 0.529. The summed E-state index contributed by atoms with van der Waals surface area (Å²) in [7, 11) is 0. The third-order valence-corrected chi connectivity index (χ3v) is 4.90. The van der Waals surface area contributed by atoms with E-state index in [2.05, 4.69) is 14.5 Å². The van der Waals surface area contributed by atoms with Crippen LogP contribution in [0.5, 0.6) is 0 Å². The third kappa shape index (κ3) is 3.11. The average Bonchev–Trinajstić information content (AvgIpc) is 3.11. The molecule has 110 valence electrons. The summed E-state index contributed by atoms with van der Waals surface area (Å²) in [6.45, 7) is 3.33. The van der Waals surface area contributed by atoms with Gasteiger partial charge in [-0.05, 0) is 38.6 Å². The van der Waals surface area contributed by atoms with Crippen LogP contribution >= 0.6 is 0 Å². The minimum absolute atomic E-state index is 0.337. The third-order valence-electron chi connectivity index (χ3n) is 4.90. The largest absolute Gasteiger partial charge is 0.337 e. The minimum Gasteiger partial charge on any atom is -0.337 e. The quantitative estimate of drug-likeness (QED) is 0.828. The van der Waals surface area contributed by atoms with Crippen molar-refractivity contribution < 1.29 is 4.79 Å². The van der Waals surface area contributed by atoms with Crippen LogP contribution in [-0.2, 0) is 11.3 Å². The van der Waals surface area contributed by atoms with Crippen molar-refractivity contribution in [2.75, 3.05) is 13.1 Å². The maximum Gasteiger partial charge on any atom is 0.137 e. The number of aromatic nitrogens is 2. The van der Waals surface area contributed by atoms with Gasteiger partial charge in [-0.25, -0.2) is 4.98 Å². The number of imidazole rings is 1. The van der Waals surface area contributed by atoms with Crippen LogP contribution in [-0.4, -0.2) is 39.4 Å². The molecule has 0 amide bonds. The van der Waals surface area contributed by atoms with Crippen LogP contribution in [0.1, 0.15) is 44.9 Å². The number of likely N-dealkylation sites (tertiary alicyclic amines) is 1. The van der Waals surface area contributed by atoms with E-state index in [1.54, 1.807) is 0 Å². The van der Waals surface area contributed by atoms with Crippen LogP contribution in [0, 0.1) is 5.92 Å². The summed E-state index contributed by atoms with van der Waals surface area (Å²) < 4.78 is 2.14. The lowest BCUT2D eigenvalue weighted by Crippen LogP contribution is -2.46. The van der Waals surface area contributed by atoms with Crippen molar-refractivity contribution in [2.24, 2.45) is 5.92 Å². The van der Waals surface area contributed by atoms with E-state index in [0.717, 1.165) is 38.8 Å². The number of hydrogen-bond donors (Lipinski definition) is 0. The Morgan fingerprint density at radius 1 is 1.20 bits per heavy atom. The molecule has 0 aromatic carbocycles. The molecule has 20 heavy (non-hydrogen) atoms. The predicted molar refractivity (Wildman–Crippen MR) is 78.4 cm³/mol. The number of rotatable bonds is 5. The zero-order valence-corrected chi connectivity index (χ0v) is 12.2. The number of nitrogens with zero attached hydrogens (tertiary/aromatic N) is 3. The molecule has 1 aromatic rings. The van der Waals surface area contributed by atoms with E-state index in [1.165, 1.54) is 25.8 Å². The Balaban J connectivity index is 1.53. The van der Waals surface area contributed by atoms with E-state index in [0.29, 0.717) is 17.7 Å². The highest BCUT2D eigenvalue weighted by molar-refractivity contribution is 5.83. The zero-order chi connectivity index (χ0) is 13.8.